The van der Waals surface area contributed by atoms with E-state index >= 15 is 0 Å². The quantitative estimate of drug-likeness (QED) is 0.399. The van der Waals surface area contributed by atoms with E-state index in [1.54, 1.807) is 0 Å². The number of pyridine rings is 2. The third kappa shape index (κ3) is 1.83. The lowest BCUT2D eigenvalue weighted by molar-refractivity contribution is 0.629. The maximum absolute atomic E-state index is 5.98. The van der Waals surface area contributed by atoms with Crippen molar-refractivity contribution in [3.05, 3.63) is 73.1 Å². The lowest BCUT2D eigenvalue weighted by Gasteiger charge is -2.05. The normalized spacial score (nSPS) is 11.5. The molecule has 3 heterocycles. The van der Waals surface area contributed by atoms with E-state index in [2.05, 4.69) is 16.0 Å². The molecular weight excluding hydrogens is 284 g/mol. The van der Waals surface area contributed by atoms with Crippen LogP contribution in [0.15, 0.2) is 77.5 Å². The molecule has 0 radical (unpaired) electrons. The van der Waals surface area contributed by atoms with E-state index in [0.717, 1.165) is 44.1 Å². The minimum Gasteiger partial charge on any atom is -0.454 e. The summed E-state index contributed by atoms with van der Waals surface area (Å²) in [5, 5.41) is 4.35. The molecule has 23 heavy (non-hydrogen) atoms. The van der Waals surface area contributed by atoms with Crippen LogP contribution in [-0.2, 0) is 0 Å². The highest BCUT2D eigenvalue weighted by molar-refractivity contribution is 6.09. The fraction of sp³-hybridized carbons (Fsp3) is 0. The van der Waals surface area contributed by atoms with Gasteiger partial charge in [-0.3, -0.25) is 9.97 Å². The van der Waals surface area contributed by atoms with Gasteiger partial charge in [0.1, 0.15) is 11.3 Å². The second-order valence-corrected chi connectivity index (χ2v) is 5.54. The van der Waals surface area contributed by atoms with Gasteiger partial charge in [0.05, 0.1) is 5.52 Å². The Balaban J connectivity index is 1.86. The first kappa shape index (κ1) is 12.4. The molecule has 0 aliphatic heterocycles. The van der Waals surface area contributed by atoms with Crippen LogP contribution in [0.4, 0.5) is 0 Å². The number of para-hydroxylation sites is 2. The molecule has 3 heteroatoms. The standard InChI is InChI=1S/C20H12N2O/c1-4-8-18-13(5-1)11-19(23-18)20-16-12-22-17-7-3-2-6-15(17)14(16)9-10-21-20/h1-12H. The smallest absolute Gasteiger partial charge is 0.154 e. The highest BCUT2D eigenvalue weighted by Crippen LogP contribution is 2.33. The van der Waals surface area contributed by atoms with Gasteiger partial charge in [0.25, 0.3) is 0 Å². The van der Waals surface area contributed by atoms with Gasteiger partial charge in [-0.25, -0.2) is 0 Å². The molecule has 108 valence electrons. The monoisotopic (exact) mass is 296 g/mol. The second-order valence-electron chi connectivity index (χ2n) is 5.54. The molecule has 3 aromatic heterocycles. The fourth-order valence-electron chi connectivity index (χ4n) is 3.08. The molecule has 0 bridgehead atoms. The molecule has 0 saturated heterocycles. The minimum absolute atomic E-state index is 0.772. The van der Waals surface area contributed by atoms with E-state index in [4.69, 9.17) is 4.42 Å². The van der Waals surface area contributed by atoms with Crippen molar-refractivity contribution in [2.45, 2.75) is 0 Å². The molecule has 0 unspecified atom stereocenters. The summed E-state index contributed by atoms with van der Waals surface area (Å²) < 4.78 is 5.98. The van der Waals surface area contributed by atoms with Gasteiger partial charge >= 0.3 is 0 Å². The molecule has 0 saturated carbocycles. The summed E-state index contributed by atoms with van der Waals surface area (Å²) >= 11 is 0. The maximum Gasteiger partial charge on any atom is 0.154 e. The molecule has 0 N–H and O–H groups in total. The number of fused-ring (bicyclic) bond motifs is 4. The van der Waals surface area contributed by atoms with Crippen LogP contribution in [0.25, 0.3) is 44.1 Å². The van der Waals surface area contributed by atoms with E-state index in [-0.39, 0.29) is 0 Å². The van der Waals surface area contributed by atoms with Gasteiger partial charge in [0, 0.05) is 28.6 Å². The minimum atomic E-state index is 0.772. The first-order valence-corrected chi connectivity index (χ1v) is 7.51. The zero-order chi connectivity index (χ0) is 15.2. The van der Waals surface area contributed by atoms with Gasteiger partial charge in [-0.2, -0.15) is 0 Å². The van der Waals surface area contributed by atoms with Gasteiger partial charge in [-0.05, 0) is 29.7 Å². The van der Waals surface area contributed by atoms with Crippen molar-refractivity contribution in [2.75, 3.05) is 0 Å². The van der Waals surface area contributed by atoms with E-state index in [0.29, 0.717) is 0 Å². The molecule has 0 spiro atoms. The number of hydrogen-bond acceptors (Lipinski definition) is 3. The number of furan rings is 1. The van der Waals surface area contributed by atoms with Crippen molar-refractivity contribution in [1.82, 2.24) is 9.97 Å². The Kier molecular flexibility index (Phi) is 2.50. The molecule has 0 aliphatic rings. The number of aromatic nitrogens is 2. The van der Waals surface area contributed by atoms with Gasteiger partial charge in [0.2, 0.25) is 0 Å². The molecule has 5 rings (SSSR count). The Morgan fingerprint density at radius 2 is 1.61 bits per heavy atom. The summed E-state index contributed by atoms with van der Waals surface area (Å²) in [7, 11) is 0. The third-order valence-electron chi connectivity index (χ3n) is 4.18. The summed E-state index contributed by atoms with van der Waals surface area (Å²) in [6, 6.07) is 20.2. The average molecular weight is 296 g/mol. The highest BCUT2D eigenvalue weighted by atomic mass is 16.3. The lowest BCUT2D eigenvalue weighted by Crippen LogP contribution is -1.87. The van der Waals surface area contributed by atoms with Crippen molar-refractivity contribution >= 4 is 32.6 Å². The SMILES string of the molecule is c1ccc2oc(-c3nccc4c3cnc3ccccc34)cc2c1. The van der Waals surface area contributed by atoms with Crippen LogP contribution in [-0.4, -0.2) is 9.97 Å². The zero-order valence-electron chi connectivity index (χ0n) is 12.2. The third-order valence-corrected chi connectivity index (χ3v) is 4.18. The van der Waals surface area contributed by atoms with Gasteiger partial charge in [-0.1, -0.05) is 36.4 Å². The van der Waals surface area contributed by atoms with Crippen LogP contribution in [0.3, 0.4) is 0 Å². The lowest BCUT2D eigenvalue weighted by atomic mass is 10.1. The van der Waals surface area contributed by atoms with E-state index < -0.39 is 0 Å². The Morgan fingerprint density at radius 1 is 0.739 bits per heavy atom. The van der Waals surface area contributed by atoms with Crippen molar-refractivity contribution in [2.24, 2.45) is 0 Å². The molecule has 5 aromatic rings. The van der Waals surface area contributed by atoms with Gasteiger partial charge in [0.15, 0.2) is 5.76 Å². The molecular formula is C20H12N2O. The van der Waals surface area contributed by atoms with Crippen LogP contribution in [0.5, 0.6) is 0 Å². The topological polar surface area (TPSA) is 38.9 Å². The summed E-state index contributed by atoms with van der Waals surface area (Å²) in [6.07, 6.45) is 3.71. The molecule has 0 amide bonds. The number of rotatable bonds is 1. The zero-order valence-corrected chi connectivity index (χ0v) is 12.2. The maximum atomic E-state index is 5.98. The van der Waals surface area contributed by atoms with Crippen molar-refractivity contribution < 1.29 is 4.42 Å². The predicted molar refractivity (Wildman–Crippen MR) is 92.3 cm³/mol. The number of benzene rings is 2. The van der Waals surface area contributed by atoms with E-state index in [9.17, 15) is 0 Å². The van der Waals surface area contributed by atoms with Gasteiger partial charge in [-0.15, -0.1) is 0 Å². The van der Waals surface area contributed by atoms with E-state index in [1.165, 1.54) is 0 Å². The summed E-state index contributed by atoms with van der Waals surface area (Å²) in [5.41, 5.74) is 2.69. The molecule has 3 nitrogen and oxygen atoms in total. The number of hydrogen-bond donors (Lipinski definition) is 0. The summed E-state index contributed by atoms with van der Waals surface area (Å²) in [5.74, 6) is 0.772. The van der Waals surface area contributed by atoms with Crippen LogP contribution < -0.4 is 0 Å². The Bertz CT molecular complexity index is 1140. The fourth-order valence-corrected chi connectivity index (χ4v) is 3.08. The van der Waals surface area contributed by atoms with Crippen molar-refractivity contribution in [3.63, 3.8) is 0 Å². The average Bonchev–Trinajstić information content (AvgIpc) is 3.05. The first-order valence-electron chi connectivity index (χ1n) is 7.51. The molecule has 0 atom stereocenters. The Hall–Kier alpha value is -3.20. The van der Waals surface area contributed by atoms with Crippen LogP contribution in [0.2, 0.25) is 0 Å². The van der Waals surface area contributed by atoms with Crippen LogP contribution >= 0.6 is 0 Å². The first-order chi connectivity index (χ1) is 11.4. The van der Waals surface area contributed by atoms with Crippen LogP contribution in [0, 0.1) is 0 Å². The van der Waals surface area contributed by atoms with Crippen molar-refractivity contribution in [1.29, 1.82) is 0 Å². The van der Waals surface area contributed by atoms with Crippen LogP contribution in [0.1, 0.15) is 0 Å². The predicted octanol–water partition coefficient (Wildman–Crippen LogP) is 5.20. The largest absolute Gasteiger partial charge is 0.454 e. The van der Waals surface area contributed by atoms with Crippen molar-refractivity contribution in [3.8, 4) is 11.5 Å². The second kappa shape index (κ2) is 4.65. The van der Waals surface area contributed by atoms with E-state index in [1.807, 2.05) is 67.0 Å². The molecule has 0 fully saturated rings. The Morgan fingerprint density at radius 3 is 2.57 bits per heavy atom. The Labute approximate surface area is 132 Å². The highest BCUT2D eigenvalue weighted by Gasteiger charge is 2.12. The summed E-state index contributed by atoms with van der Waals surface area (Å²) in [6.45, 7) is 0. The molecule has 2 aromatic carbocycles. The molecule has 0 aliphatic carbocycles. The number of nitrogens with zero attached hydrogens (tertiary/aromatic N) is 2. The van der Waals surface area contributed by atoms with Gasteiger partial charge < -0.3 is 4.42 Å². The summed E-state index contributed by atoms with van der Waals surface area (Å²) in [4.78, 5) is 9.11.